The summed E-state index contributed by atoms with van der Waals surface area (Å²) in [5.41, 5.74) is 0.437. The van der Waals surface area contributed by atoms with E-state index in [0.29, 0.717) is 5.56 Å². The number of carbonyl (C=O) groups excluding carboxylic acids is 2. The third kappa shape index (κ3) is 5.05. The molecule has 2 N–H and O–H groups in total. The SMILES string of the molecule is CC(C)C(NC(=O)C1CCCCC1)C(=O)NCc1ccccc1F. The summed E-state index contributed by atoms with van der Waals surface area (Å²) < 4.78 is 13.6. The Kier molecular flexibility index (Phi) is 6.76. The Morgan fingerprint density at radius 2 is 1.83 bits per heavy atom. The first-order valence-corrected chi connectivity index (χ1v) is 8.80. The second-order valence-corrected chi connectivity index (χ2v) is 6.87. The molecule has 2 amide bonds. The van der Waals surface area contributed by atoms with E-state index in [1.54, 1.807) is 18.2 Å². The minimum atomic E-state index is -0.591. The van der Waals surface area contributed by atoms with Gasteiger partial charge in [-0.15, -0.1) is 0 Å². The number of benzene rings is 1. The van der Waals surface area contributed by atoms with Crippen LogP contribution in [0.3, 0.4) is 0 Å². The van der Waals surface area contributed by atoms with E-state index in [1.807, 2.05) is 13.8 Å². The highest BCUT2D eigenvalue weighted by molar-refractivity contribution is 5.88. The van der Waals surface area contributed by atoms with Gasteiger partial charge in [0, 0.05) is 18.0 Å². The maximum Gasteiger partial charge on any atom is 0.243 e. The molecule has 24 heavy (non-hydrogen) atoms. The molecule has 5 heteroatoms. The first kappa shape index (κ1) is 18.4. The van der Waals surface area contributed by atoms with Crippen molar-refractivity contribution in [2.75, 3.05) is 0 Å². The van der Waals surface area contributed by atoms with E-state index in [2.05, 4.69) is 10.6 Å². The number of nitrogens with one attached hydrogen (secondary N) is 2. The smallest absolute Gasteiger partial charge is 0.243 e. The number of carbonyl (C=O) groups is 2. The topological polar surface area (TPSA) is 58.2 Å². The monoisotopic (exact) mass is 334 g/mol. The molecule has 0 radical (unpaired) electrons. The molecule has 1 fully saturated rings. The first-order chi connectivity index (χ1) is 11.5. The molecule has 4 nitrogen and oxygen atoms in total. The second kappa shape index (κ2) is 8.81. The standard InChI is InChI=1S/C19H27FN2O2/c1-13(2)17(22-18(23)14-8-4-3-5-9-14)19(24)21-12-15-10-6-7-11-16(15)20/h6-7,10-11,13-14,17H,3-5,8-9,12H2,1-2H3,(H,21,24)(H,22,23). The largest absolute Gasteiger partial charge is 0.350 e. The van der Waals surface area contributed by atoms with Gasteiger partial charge in [0.05, 0.1) is 0 Å². The van der Waals surface area contributed by atoms with Crippen molar-refractivity contribution < 1.29 is 14.0 Å². The van der Waals surface area contributed by atoms with Gasteiger partial charge in [-0.1, -0.05) is 51.3 Å². The zero-order chi connectivity index (χ0) is 17.5. The third-order valence-corrected chi connectivity index (χ3v) is 4.63. The predicted molar refractivity (Wildman–Crippen MR) is 91.6 cm³/mol. The predicted octanol–water partition coefficient (Wildman–Crippen LogP) is 3.16. The molecule has 132 valence electrons. The summed E-state index contributed by atoms with van der Waals surface area (Å²) in [7, 11) is 0. The quantitative estimate of drug-likeness (QED) is 0.839. The van der Waals surface area contributed by atoms with Gasteiger partial charge in [-0.25, -0.2) is 4.39 Å². The highest BCUT2D eigenvalue weighted by Gasteiger charge is 2.28. The summed E-state index contributed by atoms with van der Waals surface area (Å²) in [5.74, 6) is -0.658. The van der Waals surface area contributed by atoms with Gasteiger partial charge in [0.15, 0.2) is 0 Å². The summed E-state index contributed by atoms with van der Waals surface area (Å²) in [4.78, 5) is 24.8. The van der Waals surface area contributed by atoms with E-state index < -0.39 is 6.04 Å². The van der Waals surface area contributed by atoms with E-state index >= 15 is 0 Å². The first-order valence-electron chi connectivity index (χ1n) is 8.80. The lowest BCUT2D eigenvalue weighted by molar-refractivity contribution is -0.132. The Balaban J connectivity index is 1.92. The molecule has 0 aliphatic heterocycles. The van der Waals surface area contributed by atoms with Crippen molar-refractivity contribution in [2.45, 2.75) is 58.5 Å². The summed E-state index contributed by atoms with van der Waals surface area (Å²) in [6.45, 7) is 3.91. The molecule has 0 aromatic heterocycles. The van der Waals surface area contributed by atoms with Crippen molar-refractivity contribution in [1.29, 1.82) is 0 Å². The fourth-order valence-electron chi connectivity index (χ4n) is 3.10. The van der Waals surface area contributed by atoms with Crippen LogP contribution < -0.4 is 10.6 Å². The summed E-state index contributed by atoms with van der Waals surface area (Å²) in [5, 5.41) is 5.63. The normalized spacial score (nSPS) is 16.7. The molecule has 1 aromatic carbocycles. The number of rotatable bonds is 6. The van der Waals surface area contributed by atoms with Crippen LogP contribution in [0.5, 0.6) is 0 Å². The maximum absolute atomic E-state index is 13.6. The van der Waals surface area contributed by atoms with Gasteiger partial charge in [0.25, 0.3) is 0 Å². The van der Waals surface area contributed by atoms with Gasteiger partial charge < -0.3 is 10.6 Å². The molecule has 0 spiro atoms. The lowest BCUT2D eigenvalue weighted by Gasteiger charge is -2.26. The van der Waals surface area contributed by atoms with Gasteiger partial charge in [-0.05, 0) is 24.8 Å². The third-order valence-electron chi connectivity index (χ3n) is 4.63. The molecule has 1 aliphatic carbocycles. The fraction of sp³-hybridized carbons (Fsp3) is 0.579. The number of amides is 2. The van der Waals surface area contributed by atoms with Crippen molar-refractivity contribution in [1.82, 2.24) is 10.6 Å². The van der Waals surface area contributed by atoms with E-state index in [1.165, 1.54) is 12.5 Å². The van der Waals surface area contributed by atoms with Crippen LogP contribution in [0.25, 0.3) is 0 Å². The average molecular weight is 334 g/mol. The minimum Gasteiger partial charge on any atom is -0.350 e. The zero-order valence-electron chi connectivity index (χ0n) is 14.5. The van der Waals surface area contributed by atoms with E-state index in [4.69, 9.17) is 0 Å². The Morgan fingerprint density at radius 3 is 2.46 bits per heavy atom. The molecule has 2 rings (SSSR count). The van der Waals surface area contributed by atoms with Crippen molar-refractivity contribution in [2.24, 2.45) is 11.8 Å². The fourth-order valence-corrected chi connectivity index (χ4v) is 3.10. The molecule has 1 unspecified atom stereocenters. The van der Waals surface area contributed by atoms with Crippen LogP contribution in [0, 0.1) is 17.7 Å². The molecule has 1 atom stereocenters. The number of hydrogen-bond donors (Lipinski definition) is 2. The van der Waals surface area contributed by atoms with Gasteiger partial charge in [-0.3, -0.25) is 9.59 Å². The van der Waals surface area contributed by atoms with Gasteiger partial charge >= 0.3 is 0 Å². The van der Waals surface area contributed by atoms with Crippen LogP contribution in [0.4, 0.5) is 4.39 Å². The van der Waals surface area contributed by atoms with Crippen molar-refractivity contribution in [3.05, 3.63) is 35.6 Å². The molecule has 1 aliphatic rings. The van der Waals surface area contributed by atoms with Crippen molar-refractivity contribution in [3.8, 4) is 0 Å². The van der Waals surface area contributed by atoms with Crippen LogP contribution in [0.1, 0.15) is 51.5 Å². The van der Waals surface area contributed by atoms with Crippen LogP contribution in [0.2, 0.25) is 0 Å². The van der Waals surface area contributed by atoms with Crippen molar-refractivity contribution >= 4 is 11.8 Å². The van der Waals surface area contributed by atoms with Gasteiger partial charge in [-0.2, -0.15) is 0 Å². The lowest BCUT2D eigenvalue weighted by Crippen LogP contribution is -2.51. The van der Waals surface area contributed by atoms with E-state index in [0.717, 1.165) is 25.7 Å². The molecule has 1 aromatic rings. The summed E-state index contributed by atoms with van der Waals surface area (Å²) in [6, 6.07) is 5.76. The van der Waals surface area contributed by atoms with E-state index in [9.17, 15) is 14.0 Å². The highest BCUT2D eigenvalue weighted by atomic mass is 19.1. The summed E-state index contributed by atoms with van der Waals surface area (Å²) >= 11 is 0. The molecular formula is C19H27FN2O2. The second-order valence-electron chi connectivity index (χ2n) is 6.87. The highest BCUT2D eigenvalue weighted by Crippen LogP contribution is 2.24. The molecule has 0 saturated heterocycles. The number of hydrogen-bond acceptors (Lipinski definition) is 2. The average Bonchev–Trinajstić information content (AvgIpc) is 2.59. The van der Waals surface area contributed by atoms with Crippen LogP contribution in [0.15, 0.2) is 24.3 Å². The molecular weight excluding hydrogens is 307 g/mol. The molecule has 0 heterocycles. The Labute approximate surface area is 143 Å². The van der Waals surface area contributed by atoms with Gasteiger partial charge in [0.1, 0.15) is 11.9 Å². The number of halogens is 1. The molecule has 0 bridgehead atoms. The maximum atomic E-state index is 13.6. The molecule has 1 saturated carbocycles. The van der Waals surface area contributed by atoms with Crippen LogP contribution in [-0.2, 0) is 16.1 Å². The van der Waals surface area contributed by atoms with Crippen molar-refractivity contribution in [3.63, 3.8) is 0 Å². The Morgan fingerprint density at radius 1 is 1.17 bits per heavy atom. The lowest BCUT2D eigenvalue weighted by atomic mass is 9.88. The van der Waals surface area contributed by atoms with E-state index in [-0.39, 0.29) is 36.0 Å². The van der Waals surface area contributed by atoms with Gasteiger partial charge in [0.2, 0.25) is 11.8 Å². The van der Waals surface area contributed by atoms with Crippen LogP contribution >= 0.6 is 0 Å². The zero-order valence-corrected chi connectivity index (χ0v) is 14.5. The Hall–Kier alpha value is -1.91. The Bertz CT molecular complexity index is 568. The van der Waals surface area contributed by atoms with Crippen LogP contribution in [-0.4, -0.2) is 17.9 Å². The summed E-state index contributed by atoms with van der Waals surface area (Å²) in [6.07, 6.45) is 5.12. The minimum absolute atomic E-state index is 0.0133.